The third-order valence-electron chi connectivity index (χ3n) is 2.27. The van der Waals surface area contributed by atoms with E-state index in [9.17, 15) is 13.2 Å². The van der Waals surface area contributed by atoms with Crippen molar-refractivity contribution in [2.24, 2.45) is 5.73 Å². The molecule has 1 unspecified atom stereocenters. The Hall–Kier alpha value is -1.07. The Morgan fingerprint density at radius 2 is 2.18 bits per heavy atom. The predicted octanol–water partition coefficient (Wildman–Crippen LogP) is 3.72. The summed E-state index contributed by atoms with van der Waals surface area (Å²) in [4.78, 5) is 3.24. The van der Waals surface area contributed by atoms with Crippen LogP contribution in [0.5, 0.6) is 0 Å². The molecule has 2 nitrogen and oxygen atoms in total. The van der Waals surface area contributed by atoms with Gasteiger partial charge in [0, 0.05) is 12.2 Å². The minimum atomic E-state index is -4.56. The van der Waals surface area contributed by atoms with E-state index in [4.69, 9.17) is 17.3 Å². The molecule has 0 radical (unpaired) electrons. The molecule has 2 N–H and O–H groups in total. The molecule has 94 valence electrons. The van der Waals surface area contributed by atoms with Gasteiger partial charge in [0.15, 0.2) is 5.69 Å². The van der Waals surface area contributed by atoms with E-state index in [1.165, 1.54) is 6.07 Å². The fourth-order valence-corrected chi connectivity index (χ4v) is 1.75. The summed E-state index contributed by atoms with van der Waals surface area (Å²) in [6.45, 7) is 3.52. The molecule has 1 atom stereocenters. The molecule has 0 spiro atoms. The molecule has 1 rings (SSSR count). The Balaban J connectivity index is 3.06. The van der Waals surface area contributed by atoms with Crippen LogP contribution in [0.3, 0.4) is 0 Å². The number of alkyl halides is 3. The minimum Gasteiger partial charge on any atom is -0.324 e. The van der Waals surface area contributed by atoms with Gasteiger partial charge in [-0.3, -0.25) is 4.98 Å². The van der Waals surface area contributed by atoms with Gasteiger partial charge >= 0.3 is 6.18 Å². The van der Waals surface area contributed by atoms with E-state index in [-0.39, 0.29) is 5.56 Å². The van der Waals surface area contributed by atoms with Crippen LogP contribution >= 0.6 is 11.6 Å². The summed E-state index contributed by atoms with van der Waals surface area (Å²) >= 11 is 5.68. The van der Waals surface area contributed by atoms with Gasteiger partial charge in [-0.15, -0.1) is 6.58 Å². The number of rotatable bonds is 4. The second-order valence-electron chi connectivity index (χ2n) is 3.53. The Kier molecular flexibility index (Phi) is 4.54. The Morgan fingerprint density at radius 1 is 1.53 bits per heavy atom. The van der Waals surface area contributed by atoms with Crippen LogP contribution in [0.4, 0.5) is 13.2 Å². The maximum atomic E-state index is 12.5. The van der Waals surface area contributed by atoms with Crippen LogP contribution in [0.1, 0.15) is 30.1 Å². The molecule has 0 amide bonds. The number of allylic oxidation sites excluding steroid dienone is 1. The highest BCUT2D eigenvalue weighted by molar-refractivity contribution is 6.32. The van der Waals surface area contributed by atoms with Crippen molar-refractivity contribution in [2.45, 2.75) is 25.1 Å². The molecule has 0 aromatic carbocycles. The Morgan fingerprint density at radius 3 is 2.71 bits per heavy atom. The second kappa shape index (κ2) is 5.51. The van der Waals surface area contributed by atoms with Crippen LogP contribution in [0.2, 0.25) is 5.02 Å². The first-order chi connectivity index (χ1) is 7.88. The topological polar surface area (TPSA) is 38.9 Å². The molecule has 0 saturated heterocycles. The standard InChI is InChI=1S/C11H12ClF3N2/c1-2-3-4-8(16)7-5-6-17-10(9(7)12)11(13,14)15/h2,5-6,8H,1,3-4,16H2. The number of hydrogen-bond donors (Lipinski definition) is 1. The van der Waals surface area contributed by atoms with Crippen molar-refractivity contribution in [3.05, 3.63) is 41.2 Å². The molecule has 1 aromatic rings. The SMILES string of the molecule is C=CCCC(N)c1ccnc(C(F)(F)F)c1Cl. The first-order valence-corrected chi connectivity index (χ1v) is 5.33. The number of nitrogens with zero attached hydrogens (tertiary/aromatic N) is 1. The normalized spacial score (nSPS) is 13.5. The van der Waals surface area contributed by atoms with Crippen molar-refractivity contribution in [3.63, 3.8) is 0 Å². The van der Waals surface area contributed by atoms with Gasteiger partial charge in [0.05, 0.1) is 5.02 Å². The molecule has 6 heteroatoms. The quantitative estimate of drug-likeness (QED) is 0.842. The van der Waals surface area contributed by atoms with E-state index in [0.29, 0.717) is 12.8 Å². The molecule has 0 aliphatic rings. The molecule has 1 aromatic heterocycles. The third kappa shape index (κ3) is 3.44. The maximum absolute atomic E-state index is 12.5. The van der Waals surface area contributed by atoms with Gasteiger partial charge in [-0.25, -0.2) is 0 Å². The highest BCUT2D eigenvalue weighted by Crippen LogP contribution is 2.36. The van der Waals surface area contributed by atoms with Crippen molar-refractivity contribution < 1.29 is 13.2 Å². The van der Waals surface area contributed by atoms with E-state index < -0.39 is 22.9 Å². The Labute approximate surface area is 102 Å². The first kappa shape index (κ1) is 14.0. The van der Waals surface area contributed by atoms with Crippen molar-refractivity contribution in [3.8, 4) is 0 Å². The lowest BCUT2D eigenvalue weighted by atomic mass is 10.0. The van der Waals surface area contributed by atoms with Crippen LogP contribution in [-0.4, -0.2) is 4.98 Å². The third-order valence-corrected chi connectivity index (χ3v) is 2.67. The van der Waals surface area contributed by atoms with Crippen LogP contribution in [0.15, 0.2) is 24.9 Å². The zero-order valence-corrected chi connectivity index (χ0v) is 9.72. The zero-order chi connectivity index (χ0) is 13.1. The second-order valence-corrected chi connectivity index (χ2v) is 3.91. The lowest BCUT2D eigenvalue weighted by molar-refractivity contribution is -0.141. The van der Waals surface area contributed by atoms with E-state index in [1.807, 2.05) is 0 Å². The van der Waals surface area contributed by atoms with Gasteiger partial charge in [0.1, 0.15) is 0 Å². The van der Waals surface area contributed by atoms with Crippen molar-refractivity contribution in [2.75, 3.05) is 0 Å². The molecule has 17 heavy (non-hydrogen) atoms. The number of pyridine rings is 1. The molecule has 0 saturated carbocycles. The average Bonchev–Trinajstić information content (AvgIpc) is 2.24. The molecule has 1 heterocycles. The van der Waals surface area contributed by atoms with E-state index in [0.717, 1.165) is 6.20 Å². The zero-order valence-electron chi connectivity index (χ0n) is 8.97. The lowest BCUT2D eigenvalue weighted by Crippen LogP contribution is -2.15. The molecule has 0 aliphatic carbocycles. The van der Waals surface area contributed by atoms with E-state index >= 15 is 0 Å². The summed E-state index contributed by atoms with van der Waals surface area (Å²) < 4.78 is 37.6. The average molecular weight is 265 g/mol. The first-order valence-electron chi connectivity index (χ1n) is 4.96. The van der Waals surface area contributed by atoms with Crippen molar-refractivity contribution >= 4 is 11.6 Å². The highest BCUT2D eigenvalue weighted by Gasteiger charge is 2.36. The molecular weight excluding hydrogens is 253 g/mol. The van der Waals surface area contributed by atoms with Crippen LogP contribution < -0.4 is 5.73 Å². The van der Waals surface area contributed by atoms with Crippen molar-refractivity contribution in [1.29, 1.82) is 0 Å². The summed E-state index contributed by atoms with van der Waals surface area (Å²) in [6.07, 6.45) is -0.742. The summed E-state index contributed by atoms with van der Waals surface area (Å²) in [5.74, 6) is 0. The van der Waals surface area contributed by atoms with Crippen LogP contribution in [0, 0.1) is 0 Å². The summed E-state index contributed by atoms with van der Waals surface area (Å²) in [6, 6.07) is 0.857. The number of aromatic nitrogens is 1. The largest absolute Gasteiger partial charge is 0.434 e. The fraction of sp³-hybridized carbons (Fsp3) is 0.364. The maximum Gasteiger partial charge on any atom is 0.434 e. The molecule has 0 aliphatic heterocycles. The molecule has 0 bridgehead atoms. The fourth-order valence-electron chi connectivity index (χ4n) is 1.40. The summed E-state index contributed by atoms with van der Waals surface area (Å²) in [5.41, 5.74) is 4.93. The monoisotopic (exact) mass is 264 g/mol. The predicted molar refractivity (Wildman–Crippen MR) is 60.6 cm³/mol. The van der Waals surface area contributed by atoms with Crippen molar-refractivity contribution in [1.82, 2.24) is 4.98 Å². The van der Waals surface area contributed by atoms with Gasteiger partial charge in [-0.1, -0.05) is 17.7 Å². The summed E-state index contributed by atoms with van der Waals surface area (Å²) in [7, 11) is 0. The number of nitrogens with two attached hydrogens (primary N) is 1. The van der Waals surface area contributed by atoms with Gasteiger partial charge in [0.25, 0.3) is 0 Å². The minimum absolute atomic E-state index is 0.260. The van der Waals surface area contributed by atoms with Gasteiger partial charge in [-0.2, -0.15) is 13.2 Å². The number of hydrogen-bond acceptors (Lipinski definition) is 2. The highest BCUT2D eigenvalue weighted by atomic mass is 35.5. The van der Waals surface area contributed by atoms with Gasteiger partial charge in [0.2, 0.25) is 0 Å². The van der Waals surface area contributed by atoms with Gasteiger partial charge < -0.3 is 5.73 Å². The lowest BCUT2D eigenvalue weighted by Gasteiger charge is -2.15. The van der Waals surface area contributed by atoms with Crippen LogP contribution in [0.25, 0.3) is 0 Å². The Bertz CT molecular complexity index is 404. The molecule has 0 fully saturated rings. The van der Waals surface area contributed by atoms with E-state index in [1.54, 1.807) is 6.08 Å². The van der Waals surface area contributed by atoms with Gasteiger partial charge in [-0.05, 0) is 24.5 Å². The summed E-state index contributed by atoms with van der Waals surface area (Å²) in [5, 5.41) is -0.420. The van der Waals surface area contributed by atoms with E-state index in [2.05, 4.69) is 11.6 Å². The van der Waals surface area contributed by atoms with Crippen LogP contribution in [-0.2, 0) is 6.18 Å². The smallest absolute Gasteiger partial charge is 0.324 e. The number of halogens is 4. The molecular formula is C11H12ClF3N2.